The van der Waals surface area contributed by atoms with Gasteiger partial charge in [0.2, 0.25) is 0 Å². The minimum absolute atomic E-state index is 0.178. The molecule has 1 amide bonds. The van der Waals surface area contributed by atoms with Gasteiger partial charge in [0.15, 0.2) is 0 Å². The standard InChI is InChI=1S/C10H12NO2/c1-8(13-2)11-10(12)9-6-4-3-5-7-9/h3-8H,1H2,2H3,(H,11,12). The molecule has 1 radical (unpaired) electrons. The van der Waals surface area contributed by atoms with Crippen molar-refractivity contribution in [2.45, 2.75) is 6.23 Å². The molecule has 1 atom stereocenters. The number of nitrogens with one attached hydrogen (secondary N) is 1. The monoisotopic (exact) mass is 178 g/mol. The molecule has 0 heterocycles. The molecule has 0 aliphatic rings. The Hall–Kier alpha value is -1.35. The van der Waals surface area contributed by atoms with E-state index in [-0.39, 0.29) is 5.91 Å². The zero-order valence-corrected chi connectivity index (χ0v) is 7.49. The molecule has 3 heteroatoms. The van der Waals surface area contributed by atoms with Crippen LogP contribution in [0.15, 0.2) is 30.3 Å². The number of carbonyl (C=O) groups is 1. The van der Waals surface area contributed by atoms with Crippen LogP contribution in [0.2, 0.25) is 0 Å². The number of amides is 1. The molecule has 0 aliphatic carbocycles. The van der Waals surface area contributed by atoms with Gasteiger partial charge in [0.1, 0.15) is 6.23 Å². The molecular weight excluding hydrogens is 166 g/mol. The second-order valence-electron chi connectivity index (χ2n) is 2.56. The normalized spacial score (nSPS) is 12.2. The van der Waals surface area contributed by atoms with E-state index in [1.807, 2.05) is 6.07 Å². The molecule has 0 aromatic heterocycles. The van der Waals surface area contributed by atoms with Crippen molar-refractivity contribution in [1.82, 2.24) is 5.32 Å². The van der Waals surface area contributed by atoms with Crippen LogP contribution in [0.4, 0.5) is 0 Å². The topological polar surface area (TPSA) is 38.3 Å². The molecule has 0 fully saturated rings. The Bertz CT molecular complexity index is 272. The van der Waals surface area contributed by atoms with Gasteiger partial charge in [-0.1, -0.05) is 18.2 Å². The fraction of sp³-hybridized carbons (Fsp3) is 0.200. The van der Waals surface area contributed by atoms with Gasteiger partial charge in [-0.05, 0) is 19.1 Å². The van der Waals surface area contributed by atoms with Crippen LogP contribution in [0.25, 0.3) is 0 Å². The van der Waals surface area contributed by atoms with E-state index in [2.05, 4.69) is 12.2 Å². The third-order valence-electron chi connectivity index (χ3n) is 1.61. The number of benzene rings is 1. The summed E-state index contributed by atoms with van der Waals surface area (Å²) in [4.78, 5) is 11.4. The third kappa shape index (κ3) is 2.87. The van der Waals surface area contributed by atoms with Crippen molar-refractivity contribution < 1.29 is 9.53 Å². The summed E-state index contributed by atoms with van der Waals surface area (Å²) in [6.45, 7) is 3.57. The van der Waals surface area contributed by atoms with Crippen LogP contribution < -0.4 is 5.32 Å². The molecule has 1 unspecified atom stereocenters. The summed E-state index contributed by atoms with van der Waals surface area (Å²) in [5.41, 5.74) is 0.605. The molecule has 0 spiro atoms. The minimum Gasteiger partial charge on any atom is -0.362 e. The van der Waals surface area contributed by atoms with E-state index in [0.717, 1.165) is 0 Å². The first kappa shape index (κ1) is 9.74. The number of hydrogen-bond acceptors (Lipinski definition) is 2. The average molecular weight is 178 g/mol. The highest BCUT2D eigenvalue weighted by Crippen LogP contribution is 1.98. The van der Waals surface area contributed by atoms with E-state index in [0.29, 0.717) is 5.56 Å². The number of methoxy groups -OCH3 is 1. The summed E-state index contributed by atoms with van der Waals surface area (Å²) < 4.78 is 4.80. The second-order valence-corrected chi connectivity index (χ2v) is 2.56. The van der Waals surface area contributed by atoms with Gasteiger partial charge in [-0.15, -0.1) is 0 Å². The number of hydrogen-bond donors (Lipinski definition) is 1. The summed E-state index contributed by atoms with van der Waals surface area (Å²) in [5, 5.41) is 2.57. The quantitative estimate of drug-likeness (QED) is 0.707. The summed E-state index contributed by atoms with van der Waals surface area (Å²) in [7, 11) is 1.49. The first-order valence-corrected chi connectivity index (χ1v) is 3.96. The summed E-state index contributed by atoms with van der Waals surface area (Å²) in [6, 6.07) is 8.93. The number of rotatable bonds is 3. The van der Waals surface area contributed by atoms with Crippen LogP contribution >= 0.6 is 0 Å². The van der Waals surface area contributed by atoms with E-state index in [1.165, 1.54) is 7.11 Å². The highest BCUT2D eigenvalue weighted by molar-refractivity contribution is 5.94. The van der Waals surface area contributed by atoms with Crippen molar-refractivity contribution in [3.8, 4) is 0 Å². The van der Waals surface area contributed by atoms with Gasteiger partial charge < -0.3 is 10.1 Å². The van der Waals surface area contributed by atoms with Crippen molar-refractivity contribution >= 4 is 5.91 Å². The Morgan fingerprint density at radius 3 is 2.62 bits per heavy atom. The second kappa shape index (κ2) is 4.62. The Morgan fingerprint density at radius 2 is 2.08 bits per heavy atom. The molecule has 1 N–H and O–H groups in total. The fourth-order valence-electron chi connectivity index (χ4n) is 0.878. The number of carbonyl (C=O) groups excluding carboxylic acids is 1. The largest absolute Gasteiger partial charge is 0.362 e. The molecule has 0 bridgehead atoms. The number of ether oxygens (including phenoxy) is 1. The maximum Gasteiger partial charge on any atom is 0.253 e. The van der Waals surface area contributed by atoms with Crippen molar-refractivity contribution in [1.29, 1.82) is 0 Å². The Labute approximate surface area is 77.7 Å². The third-order valence-corrected chi connectivity index (χ3v) is 1.61. The van der Waals surface area contributed by atoms with Crippen molar-refractivity contribution in [2.75, 3.05) is 7.11 Å². The van der Waals surface area contributed by atoms with Gasteiger partial charge in [-0.3, -0.25) is 4.79 Å². The molecule has 3 nitrogen and oxygen atoms in total. The lowest BCUT2D eigenvalue weighted by molar-refractivity contribution is 0.0739. The summed E-state index contributed by atoms with van der Waals surface area (Å²) in [6.07, 6.45) is -0.507. The predicted octanol–water partition coefficient (Wildman–Crippen LogP) is 1.22. The van der Waals surface area contributed by atoms with Gasteiger partial charge in [0, 0.05) is 12.7 Å². The highest BCUT2D eigenvalue weighted by Gasteiger charge is 2.06. The van der Waals surface area contributed by atoms with E-state index in [4.69, 9.17) is 4.74 Å². The van der Waals surface area contributed by atoms with Gasteiger partial charge in [0.05, 0.1) is 0 Å². The van der Waals surface area contributed by atoms with Crippen LogP contribution in [0, 0.1) is 6.92 Å². The molecule has 0 aliphatic heterocycles. The van der Waals surface area contributed by atoms with Crippen molar-refractivity contribution in [3.05, 3.63) is 42.8 Å². The first-order chi connectivity index (χ1) is 6.24. The Balaban J connectivity index is 2.59. The van der Waals surface area contributed by atoms with E-state index in [9.17, 15) is 4.79 Å². The van der Waals surface area contributed by atoms with Crippen molar-refractivity contribution in [3.63, 3.8) is 0 Å². The van der Waals surface area contributed by atoms with Gasteiger partial charge in [0.25, 0.3) is 5.91 Å². The molecular formula is C10H12NO2. The van der Waals surface area contributed by atoms with Gasteiger partial charge in [-0.25, -0.2) is 0 Å². The zero-order chi connectivity index (χ0) is 9.68. The zero-order valence-electron chi connectivity index (χ0n) is 7.49. The van der Waals surface area contributed by atoms with Gasteiger partial charge >= 0.3 is 0 Å². The minimum atomic E-state index is -0.507. The Kier molecular flexibility index (Phi) is 3.46. The molecule has 13 heavy (non-hydrogen) atoms. The first-order valence-electron chi connectivity index (χ1n) is 3.96. The molecule has 0 saturated heterocycles. The fourth-order valence-corrected chi connectivity index (χ4v) is 0.878. The molecule has 1 aromatic rings. The van der Waals surface area contributed by atoms with Crippen LogP contribution in [0.5, 0.6) is 0 Å². The van der Waals surface area contributed by atoms with Crippen LogP contribution in [0.1, 0.15) is 10.4 Å². The van der Waals surface area contributed by atoms with Crippen LogP contribution in [-0.2, 0) is 4.74 Å². The van der Waals surface area contributed by atoms with E-state index >= 15 is 0 Å². The lowest BCUT2D eigenvalue weighted by Gasteiger charge is -2.11. The maximum atomic E-state index is 11.4. The van der Waals surface area contributed by atoms with Crippen LogP contribution in [-0.4, -0.2) is 19.2 Å². The Morgan fingerprint density at radius 1 is 1.46 bits per heavy atom. The SMILES string of the molecule is [CH2]C(NC(=O)c1ccccc1)OC. The predicted molar refractivity (Wildman–Crippen MR) is 50.1 cm³/mol. The average Bonchev–Trinajstić information content (AvgIpc) is 2.19. The van der Waals surface area contributed by atoms with Crippen LogP contribution in [0.3, 0.4) is 0 Å². The maximum absolute atomic E-state index is 11.4. The van der Waals surface area contributed by atoms with E-state index < -0.39 is 6.23 Å². The molecule has 69 valence electrons. The van der Waals surface area contributed by atoms with E-state index in [1.54, 1.807) is 24.3 Å². The lowest BCUT2D eigenvalue weighted by Crippen LogP contribution is -2.33. The molecule has 0 saturated carbocycles. The smallest absolute Gasteiger partial charge is 0.253 e. The van der Waals surface area contributed by atoms with Crippen molar-refractivity contribution in [2.24, 2.45) is 0 Å². The highest BCUT2D eigenvalue weighted by atomic mass is 16.5. The summed E-state index contributed by atoms with van der Waals surface area (Å²) in [5.74, 6) is -0.178. The van der Waals surface area contributed by atoms with Gasteiger partial charge in [-0.2, -0.15) is 0 Å². The molecule has 1 rings (SSSR count). The lowest BCUT2D eigenvalue weighted by atomic mass is 10.2. The molecule has 1 aromatic carbocycles. The summed E-state index contributed by atoms with van der Waals surface area (Å²) >= 11 is 0.